The van der Waals surface area contributed by atoms with Gasteiger partial charge in [-0.05, 0) is 44.1 Å². The zero-order valence-electron chi connectivity index (χ0n) is 17.7. The van der Waals surface area contributed by atoms with Crippen LogP contribution in [-0.4, -0.2) is 26.8 Å². The molecule has 0 saturated heterocycles. The average Bonchev–Trinajstić information content (AvgIpc) is 2.51. The summed E-state index contributed by atoms with van der Waals surface area (Å²) in [5.41, 5.74) is -0.477. The summed E-state index contributed by atoms with van der Waals surface area (Å²) in [5, 5.41) is 0. The molecule has 7 heteroatoms. The number of ether oxygens (including phenoxy) is 2. The maximum Gasteiger partial charge on any atom is 0.329 e. The third kappa shape index (κ3) is 7.78. The number of hydrogen-bond donors (Lipinski definition) is 0. The standard InChI is InChI=1S/C20H34O6S/c1-9-23-15(2)24-16(3)27(21,22)26-25-18-13-11-10-12-17(18)20(7,8)14-19(4,5)6/h10-13,15-16H,9,14H2,1-8H3. The van der Waals surface area contributed by atoms with Gasteiger partial charge in [0.25, 0.3) is 0 Å². The maximum atomic E-state index is 12.3. The van der Waals surface area contributed by atoms with Crippen molar-refractivity contribution in [1.82, 2.24) is 0 Å². The third-order valence-electron chi connectivity index (χ3n) is 4.00. The molecule has 0 N–H and O–H groups in total. The molecule has 1 aromatic carbocycles. The molecule has 0 aliphatic rings. The maximum absolute atomic E-state index is 12.3. The van der Waals surface area contributed by atoms with E-state index >= 15 is 0 Å². The van der Waals surface area contributed by atoms with E-state index in [0.717, 1.165) is 12.0 Å². The molecule has 0 aliphatic heterocycles. The van der Waals surface area contributed by atoms with E-state index in [2.05, 4.69) is 34.6 Å². The summed E-state index contributed by atoms with van der Waals surface area (Å²) in [6, 6.07) is 7.30. The Morgan fingerprint density at radius 1 is 1.04 bits per heavy atom. The monoisotopic (exact) mass is 402 g/mol. The normalized spacial score (nSPS) is 15.4. The van der Waals surface area contributed by atoms with Crippen LogP contribution in [0.3, 0.4) is 0 Å². The van der Waals surface area contributed by atoms with E-state index in [9.17, 15) is 8.42 Å². The molecule has 6 nitrogen and oxygen atoms in total. The molecule has 27 heavy (non-hydrogen) atoms. The van der Waals surface area contributed by atoms with E-state index in [0.29, 0.717) is 12.4 Å². The van der Waals surface area contributed by atoms with Gasteiger partial charge in [-0.3, -0.25) is 0 Å². The first-order valence-electron chi connectivity index (χ1n) is 9.25. The second-order valence-electron chi connectivity index (χ2n) is 8.49. The number of benzene rings is 1. The van der Waals surface area contributed by atoms with Crippen molar-refractivity contribution < 1.29 is 27.1 Å². The van der Waals surface area contributed by atoms with E-state index in [-0.39, 0.29) is 10.8 Å². The van der Waals surface area contributed by atoms with E-state index in [1.807, 2.05) is 12.1 Å². The molecule has 2 atom stereocenters. The van der Waals surface area contributed by atoms with Crippen LogP contribution in [0.25, 0.3) is 0 Å². The van der Waals surface area contributed by atoms with Gasteiger partial charge in [0.2, 0.25) is 0 Å². The highest BCUT2D eigenvalue weighted by Gasteiger charge is 2.32. The predicted octanol–water partition coefficient (Wildman–Crippen LogP) is 4.79. The lowest BCUT2D eigenvalue weighted by molar-refractivity contribution is -0.146. The molecule has 1 aromatic rings. The van der Waals surface area contributed by atoms with Crippen LogP contribution in [0.4, 0.5) is 0 Å². The fourth-order valence-electron chi connectivity index (χ4n) is 3.27. The van der Waals surface area contributed by atoms with Gasteiger partial charge in [-0.2, -0.15) is 8.42 Å². The highest BCUT2D eigenvalue weighted by atomic mass is 32.2. The van der Waals surface area contributed by atoms with Gasteiger partial charge in [-0.1, -0.05) is 57.2 Å². The Hall–Kier alpha value is -1.15. The molecule has 0 spiro atoms. The summed E-state index contributed by atoms with van der Waals surface area (Å²) in [7, 11) is -4.09. The van der Waals surface area contributed by atoms with Crippen molar-refractivity contribution in [2.75, 3.05) is 6.61 Å². The smallest absolute Gasteiger partial charge is 0.329 e. The molecule has 0 heterocycles. The van der Waals surface area contributed by atoms with Gasteiger partial charge >= 0.3 is 10.1 Å². The van der Waals surface area contributed by atoms with Gasteiger partial charge in [0.15, 0.2) is 17.5 Å². The van der Waals surface area contributed by atoms with Gasteiger partial charge in [-0.25, -0.2) is 0 Å². The fourth-order valence-corrected chi connectivity index (χ4v) is 3.84. The zero-order chi connectivity index (χ0) is 20.9. The van der Waals surface area contributed by atoms with Crippen molar-refractivity contribution in [1.29, 1.82) is 0 Å². The van der Waals surface area contributed by atoms with Gasteiger partial charge in [-0.15, -0.1) is 0 Å². The Balaban J connectivity index is 2.92. The minimum atomic E-state index is -4.09. The largest absolute Gasteiger partial charge is 0.353 e. The summed E-state index contributed by atoms with van der Waals surface area (Å²) in [4.78, 5) is 5.26. The van der Waals surface area contributed by atoms with Crippen LogP contribution < -0.4 is 4.89 Å². The van der Waals surface area contributed by atoms with E-state index < -0.39 is 21.8 Å². The van der Waals surface area contributed by atoms with Crippen molar-refractivity contribution in [3.8, 4) is 5.75 Å². The van der Waals surface area contributed by atoms with Crippen molar-refractivity contribution in [3.63, 3.8) is 0 Å². The second-order valence-corrected chi connectivity index (χ2v) is 10.3. The van der Waals surface area contributed by atoms with Crippen molar-refractivity contribution in [3.05, 3.63) is 29.8 Å². The van der Waals surface area contributed by atoms with Gasteiger partial charge in [0, 0.05) is 12.2 Å². The molecule has 0 amide bonds. The Morgan fingerprint density at radius 3 is 2.19 bits per heavy atom. The molecule has 0 bridgehead atoms. The van der Waals surface area contributed by atoms with Crippen LogP contribution in [0, 0.1) is 5.41 Å². The molecule has 0 radical (unpaired) electrons. The van der Waals surface area contributed by atoms with E-state index in [1.54, 1.807) is 26.0 Å². The molecule has 0 aliphatic carbocycles. The topological polar surface area (TPSA) is 71.1 Å². The number of rotatable bonds is 10. The zero-order valence-corrected chi connectivity index (χ0v) is 18.6. The average molecular weight is 403 g/mol. The second kappa shape index (κ2) is 9.37. The molecule has 2 unspecified atom stereocenters. The molecule has 1 rings (SSSR count). The van der Waals surface area contributed by atoms with Crippen LogP contribution in [-0.2, 0) is 29.3 Å². The molecule has 0 aromatic heterocycles. The molecular weight excluding hydrogens is 368 g/mol. The first-order valence-corrected chi connectivity index (χ1v) is 10.7. The summed E-state index contributed by atoms with van der Waals surface area (Å²) in [6.07, 6.45) is 0.222. The molecule has 156 valence electrons. The van der Waals surface area contributed by atoms with Crippen LogP contribution >= 0.6 is 0 Å². The van der Waals surface area contributed by atoms with Crippen molar-refractivity contribution in [2.24, 2.45) is 5.41 Å². The van der Waals surface area contributed by atoms with Crippen molar-refractivity contribution >= 4 is 10.1 Å². The summed E-state index contributed by atoms with van der Waals surface area (Å²) in [6.45, 7) is 15.9. The van der Waals surface area contributed by atoms with Crippen LogP contribution in [0.15, 0.2) is 24.3 Å². The Kier molecular flexibility index (Phi) is 8.29. The van der Waals surface area contributed by atoms with E-state index in [4.69, 9.17) is 18.7 Å². The Labute approximate surface area is 164 Å². The summed E-state index contributed by atoms with van der Waals surface area (Å²) < 4.78 is 39.9. The third-order valence-corrected chi connectivity index (χ3v) is 5.18. The van der Waals surface area contributed by atoms with Crippen LogP contribution in [0.5, 0.6) is 5.75 Å². The lowest BCUT2D eigenvalue weighted by Crippen LogP contribution is -2.30. The minimum absolute atomic E-state index is 0.0985. The van der Waals surface area contributed by atoms with Crippen molar-refractivity contribution in [2.45, 2.75) is 79.0 Å². The van der Waals surface area contributed by atoms with E-state index in [1.165, 1.54) is 6.92 Å². The lowest BCUT2D eigenvalue weighted by Gasteiger charge is -2.33. The molecular formula is C20H34O6S. The van der Waals surface area contributed by atoms with Gasteiger partial charge < -0.3 is 14.4 Å². The predicted molar refractivity (Wildman–Crippen MR) is 106 cm³/mol. The SMILES string of the molecule is CCOC(C)OC(C)S(=O)(=O)OOc1ccccc1C(C)(C)CC(C)(C)C. The van der Waals surface area contributed by atoms with Gasteiger partial charge in [0.05, 0.1) is 0 Å². The molecule has 0 fully saturated rings. The first kappa shape index (κ1) is 23.9. The highest BCUT2D eigenvalue weighted by Crippen LogP contribution is 2.40. The summed E-state index contributed by atoms with van der Waals surface area (Å²) >= 11 is 0. The Morgan fingerprint density at radius 2 is 1.63 bits per heavy atom. The molecule has 0 saturated carbocycles. The number of hydrogen-bond acceptors (Lipinski definition) is 6. The minimum Gasteiger partial charge on any atom is -0.353 e. The lowest BCUT2D eigenvalue weighted by atomic mass is 9.72. The van der Waals surface area contributed by atoms with Crippen LogP contribution in [0.1, 0.15) is 67.4 Å². The Bertz CT molecular complexity index is 691. The number of para-hydroxylation sites is 1. The summed E-state index contributed by atoms with van der Waals surface area (Å²) in [5.74, 6) is 0.375. The quantitative estimate of drug-likeness (QED) is 0.318. The fraction of sp³-hybridized carbons (Fsp3) is 0.700. The first-order chi connectivity index (χ1) is 12.3. The highest BCUT2D eigenvalue weighted by molar-refractivity contribution is 7.87. The van der Waals surface area contributed by atoms with Crippen LogP contribution in [0.2, 0.25) is 0 Å². The van der Waals surface area contributed by atoms with Gasteiger partial charge in [0.1, 0.15) is 0 Å².